The predicted octanol–water partition coefficient (Wildman–Crippen LogP) is 4.05. The average molecular weight is 366 g/mol. The Bertz CT molecular complexity index is 906. The van der Waals surface area contributed by atoms with Gasteiger partial charge in [0, 0.05) is 15.6 Å². The van der Waals surface area contributed by atoms with Crippen LogP contribution in [0.2, 0.25) is 0 Å². The molecule has 0 saturated carbocycles. The molecule has 5 heteroatoms. The molecule has 0 aliphatic carbocycles. The van der Waals surface area contributed by atoms with Crippen LogP contribution >= 0.6 is 15.9 Å². The molecule has 0 spiro atoms. The highest BCUT2D eigenvalue weighted by atomic mass is 79.9. The molecule has 0 unspecified atom stereocenters. The minimum Gasteiger partial charge on any atom is -0.287 e. The normalized spacial score (nSPS) is 10.3. The van der Waals surface area contributed by atoms with E-state index in [-0.39, 0.29) is 11.5 Å². The molecule has 0 aliphatic rings. The van der Waals surface area contributed by atoms with Crippen LogP contribution in [0.15, 0.2) is 59.1 Å². The van der Waals surface area contributed by atoms with Crippen LogP contribution < -0.4 is 0 Å². The molecule has 4 nitrogen and oxygen atoms in total. The van der Waals surface area contributed by atoms with Gasteiger partial charge in [0.2, 0.25) is 5.78 Å². The second-order valence-electron chi connectivity index (χ2n) is 5.02. The molecule has 0 saturated heterocycles. The summed E-state index contributed by atoms with van der Waals surface area (Å²) in [6, 6.07) is 18.5. The van der Waals surface area contributed by atoms with Gasteiger partial charge in [0.1, 0.15) is 11.8 Å². The number of rotatable bonds is 3. The van der Waals surface area contributed by atoms with Crippen LogP contribution in [0.1, 0.15) is 27.3 Å². The van der Waals surface area contributed by atoms with Gasteiger partial charge in [0.05, 0.1) is 5.69 Å². The predicted molar refractivity (Wildman–Crippen MR) is 90.6 cm³/mol. The Kier molecular flexibility index (Phi) is 4.09. The maximum Gasteiger partial charge on any atom is 0.211 e. The molecule has 0 amide bonds. The molecule has 1 heterocycles. The Labute approximate surface area is 142 Å². The summed E-state index contributed by atoms with van der Waals surface area (Å²) < 4.78 is 2.47. The first-order chi connectivity index (χ1) is 11.1. The lowest BCUT2D eigenvalue weighted by Gasteiger charge is -2.08. The second-order valence-corrected chi connectivity index (χ2v) is 5.93. The van der Waals surface area contributed by atoms with Crippen LogP contribution in [0.5, 0.6) is 0 Å². The molecule has 23 heavy (non-hydrogen) atoms. The maximum atomic E-state index is 12.9. The number of carbonyl (C=O) groups is 1. The van der Waals surface area contributed by atoms with Gasteiger partial charge in [-0.3, -0.25) is 4.79 Å². The largest absolute Gasteiger partial charge is 0.287 e. The summed E-state index contributed by atoms with van der Waals surface area (Å²) >= 11 is 3.39. The van der Waals surface area contributed by atoms with E-state index < -0.39 is 0 Å². The second kappa shape index (κ2) is 6.19. The minimum absolute atomic E-state index is 0.153. The zero-order chi connectivity index (χ0) is 16.4. The fourth-order valence-corrected chi connectivity index (χ4v) is 2.63. The number of halogens is 1. The molecular formula is C18H12BrN3O. The van der Waals surface area contributed by atoms with Crippen LogP contribution in [0.3, 0.4) is 0 Å². The van der Waals surface area contributed by atoms with Gasteiger partial charge in [-0.2, -0.15) is 10.4 Å². The molecule has 2 aromatic carbocycles. The van der Waals surface area contributed by atoms with Crippen LogP contribution in [0, 0.1) is 18.3 Å². The molecule has 1 aromatic heterocycles. The van der Waals surface area contributed by atoms with Crippen molar-refractivity contribution in [3.8, 4) is 11.8 Å². The number of aromatic nitrogens is 2. The Hall–Kier alpha value is -2.71. The van der Waals surface area contributed by atoms with E-state index in [0.29, 0.717) is 16.8 Å². The zero-order valence-corrected chi connectivity index (χ0v) is 13.9. The van der Waals surface area contributed by atoms with Crippen LogP contribution in [0.25, 0.3) is 5.69 Å². The van der Waals surface area contributed by atoms with Crippen LogP contribution in [0.4, 0.5) is 0 Å². The Morgan fingerprint density at radius 2 is 1.78 bits per heavy atom. The zero-order valence-electron chi connectivity index (χ0n) is 12.3. The van der Waals surface area contributed by atoms with Gasteiger partial charge in [-0.05, 0) is 31.2 Å². The van der Waals surface area contributed by atoms with Gasteiger partial charge in [0.25, 0.3) is 0 Å². The lowest BCUT2D eigenvalue weighted by Crippen LogP contribution is -2.11. The summed E-state index contributed by atoms with van der Waals surface area (Å²) in [6.07, 6.45) is 0. The summed E-state index contributed by atoms with van der Waals surface area (Å²) in [4.78, 5) is 12.9. The summed E-state index contributed by atoms with van der Waals surface area (Å²) in [7, 11) is 0. The number of benzene rings is 2. The number of nitriles is 1. The highest BCUT2D eigenvalue weighted by Gasteiger charge is 2.22. The van der Waals surface area contributed by atoms with Gasteiger partial charge >= 0.3 is 0 Å². The van der Waals surface area contributed by atoms with Gasteiger partial charge in [-0.15, -0.1) is 0 Å². The summed E-state index contributed by atoms with van der Waals surface area (Å²) in [5, 5.41) is 13.5. The number of ketones is 1. The summed E-state index contributed by atoms with van der Waals surface area (Å²) in [5.74, 6) is -0.153. The van der Waals surface area contributed by atoms with Crippen LogP contribution in [-0.2, 0) is 0 Å². The standard InChI is InChI=1S/C18H12BrN3O/c1-12-16(11-20)21-22(15-9-7-14(19)8-10-15)17(12)18(23)13-5-3-2-4-6-13/h2-10H,1H3. The van der Waals surface area contributed by atoms with Crippen LogP contribution in [-0.4, -0.2) is 15.6 Å². The molecular weight excluding hydrogens is 354 g/mol. The van der Waals surface area contributed by atoms with Gasteiger partial charge < -0.3 is 0 Å². The third kappa shape index (κ3) is 2.81. The fourth-order valence-electron chi connectivity index (χ4n) is 2.36. The highest BCUT2D eigenvalue weighted by molar-refractivity contribution is 9.10. The van der Waals surface area contributed by atoms with Crippen molar-refractivity contribution in [2.24, 2.45) is 0 Å². The molecule has 0 fully saturated rings. The van der Waals surface area contributed by atoms with Gasteiger partial charge in [0.15, 0.2) is 5.69 Å². The SMILES string of the molecule is Cc1c(C#N)nn(-c2ccc(Br)cc2)c1C(=O)c1ccccc1. The Morgan fingerprint density at radius 3 is 2.39 bits per heavy atom. The highest BCUT2D eigenvalue weighted by Crippen LogP contribution is 2.22. The topological polar surface area (TPSA) is 58.7 Å². The van der Waals surface area contributed by atoms with Crippen molar-refractivity contribution < 1.29 is 4.79 Å². The summed E-state index contributed by atoms with van der Waals surface area (Å²) in [6.45, 7) is 1.75. The molecule has 112 valence electrons. The number of nitrogens with zero attached hydrogens (tertiary/aromatic N) is 3. The quantitative estimate of drug-likeness (QED) is 0.658. The van der Waals surface area contributed by atoms with E-state index in [9.17, 15) is 10.1 Å². The molecule has 3 aromatic rings. The average Bonchev–Trinajstić information content (AvgIpc) is 2.92. The monoisotopic (exact) mass is 365 g/mol. The first kappa shape index (κ1) is 15.2. The van der Waals surface area contributed by atoms with Crippen molar-refractivity contribution in [1.29, 1.82) is 5.26 Å². The van der Waals surface area contributed by atoms with Crippen molar-refractivity contribution in [2.45, 2.75) is 6.92 Å². The van der Waals surface area contributed by atoms with E-state index in [1.54, 1.807) is 19.1 Å². The Balaban J connectivity index is 2.20. The van der Waals surface area contributed by atoms with E-state index in [2.05, 4.69) is 27.1 Å². The molecule has 0 bridgehead atoms. The third-order valence-corrected chi connectivity index (χ3v) is 4.08. The lowest BCUT2D eigenvalue weighted by atomic mass is 10.0. The summed E-state index contributed by atoms with van der Waals surface area (Å²) in [5.41, 5.74) is 2.56. The third-order valence-electron chi connectivity index (χ3n) is 3.55. The van der Waals surface area contributed by atoms with Crippen molar-refractivity contribution in [1.82, 2.24) is 9.78 Å². The number of hydrogen-bond donors (Lipinski definition) is 0. The molecule has 0 atom stereocenters. The number of hydrogen-bond acceptors (Lipinski definition) is 3. The van der Waals surface area contributed by atoms with E-state index in [1.165, 1.54) is 4.68 Å². The van der Waals surface area contributed by atoms with E-state index >= 15 is 0 Å². The van der Waals surface area contributed by atoms with E-state index in [1.807, 2.05) is 42.5 Å². The molecule has 0 N–H and O–H groups in total. The smallest absolute Gasteiger partial charge is 0.211 e. The van der Waals surface area contributed by atoms with Gasteiger partial charge in [-0.1, -0.05) is 46.3 Å². The fraction of sp³-hybridized carbons (Fsp3) is 0.0556. The molecule has 0 aliphatic heterocycles. The number of carbonyl (C=O) groups excluding carboxylic acids is 1. The molecule has 3 rings (SSSR count). The van der Waals surface area contributed by atoms with Crippen molar-refractivity contribution in [2.75, 3.05) is 0 Å². The first-order valence-corrected chi connectivity index (χ1v) is 7.76. The van der Waals surface area contributed by atoms with E-state index in [4.69, 9.17) is 0 Å². The minimum atomic E-state index is -0.153. The van der Waals surface area contributed by atoms with Crippen molar-refractivity contribution in [3.05, 3.63) is 81.6 Å². The van der Waals surface area contributed by atoms with Crippen molar-refractivity contribution >= 4 is 21.7 Å². The molecule has 0 radical (unpaired) electrons. The van der Waals surface area contributed by atoms with E-state index in [0.717, 1.165) is 10.2 Å². The lowest BCUT2D eigenvalue weighted by molar-refractivity contribution is 0.103. The Morgan fingerprint density at radius 1 is 1.13 bits per heavy atom. The van der Waals surface area contributed by atoms with Gasteiger partial charge in [-0.25, -0.2) is 4.68 Å². The first-order valence-electron chi connectivity index (χ1n) is 6.97. The van der Waals surface area contributed by atoms with Crippen molar-refractivity contribution in [3.63, 3.8) is 0 Å². The maximum absolute atomic E-state index is 12.9.